The Morgan fingerprint density at radius 2 is 1.71 bits per heavy atom. The maximum absolute atomic E-state index is 12.4. The van der Waals surface area contributed by atoms with Gasteiger partial charge in [0.1, 0.15) is 5.75 Å². The van der Waals surface area contributed by atoms with Crippen molar-refractivity contribution >= 4 is 29.1 Å². The number of anilines is 1. The molecular formula is C18H19ClN2O3. The van der Waals surface area contributed by atoms with Crippen LogP contribution in [0.25, 0.3) is 0 Å². The molecule has 2 aromatic rings. The van der Waals surface area contributed by atoms with E-state index in [4.69, 9.17) is 16.3 Å². The van der Waals surface area contributed by atoms with Crippen LogP contribution >= 0.6 is 11.6 Å². The smallest absolute Gasteiger partial charge is 0.265 e. The normalized spacial score (nSPS) is 11.5. The molecule has 0 aromatic heterocycles. The number of hydrogen-bond donors (Lipinski definition) is 1. The molecule has 5 nitrogen and oxygen atoms in total. The van der Waals surface area contributed by atoms with Crippen LogP contribution in [-0.2, 0) is 4.79 Å². The van der Waals surface area contributed by atoms with Gasteiger partial charge in [0.15, 0.2) is 6.10 Å². The lowest BCUT2D eigenvalue weighted by molar-refractivity contribution is -0.122. The number of rotatable bonds is 5. The molecule has 2 amide bonds. The first-order valence-electron chi connectivity index (χ1n) is 7.43. The highest BCUT2D eigenvalue weighted by atomic mass is 35.5. The van der Waals surface area contributed by atoms with Crippen LogP contribution in [0.15, 0.2) is 48.5 Å². The van der Waals surface area contributed by atoms with Gasteiger partial charge in [-0.1, -0.05) is 35.9 Å². The molecule has 0 bridgehead atoms. The van der Waals surface area contributed by atoms with Gasteiger partial charge in [-0.15, -0.1) is 0 Å². The van der Waals surface area contributed by atoms with Gasteiger partial charge in [-0.2, -0.15) is 0 Å². The summed E-state index contributed by atoms with van der Waals surface area (Å²) in [6.45, 7) is 1.62. The summed E-state index contributed by atoms with van der Waals surface area (Å²) >= 11 is 6.03. The Bertz CT molecular complexity index is 747. The van der Waals surface area contributed by atoms with Gasteiger partial charge in [-0.05, 0) is 31.2 Å². The van der Waals surface area contributed by atoms with E-state index in [1.807, 2.05) is 0 Å². The van der Waals surface area contributed by atoms with Crippen LogP contribution in [0.5, 0.6) is 5.75 Å². The van der Waals surface area contributed by atoms with Crippen LogP contribution in [-0.4, -0.2) is 36.9 Å². The Labute approximate surface area is 146 Å². The van der Waals surface area contributed by atoms with Gasteiger partial charge in [-0.25, -0.2) is 0 Å². The summed E-state index contributed by atoms with van der Waals surface area (Å²) in [5.41, 5.74) is 0.858. The lowest BCUT2D eigenvalue weighted by Gasteiger charge is -2.18. The Balaban J connectivity index is 2.12. The number of nitrogens with one attached hydrogen (secondary N) is 1. The summed E-state index contributed by atoms with van der Waals surface area (Å²) in [5.74, 6) is -0.126. The molecule has 0 aliphatic heterocycles. The number of para-hydroxylation sites is 2. The molecule has 0 radical (unpaired) electrons. The summed E-state index contributed by atoms with van der Waals surface area (Å²) in [6.07, 6.45) is -0.771. The standard InChI is InChI=1S/C18H19ClN2O3/c1-12(24-16-11-7-5-9-14(16)19)17(22)20-15-10-6-4-8-13(15)18(23)21(2)3/h4-12H,1-3H3,(H,20,22). The largest absolute Gasteiger partial charge is 0.479 e. The first-order chi connectivity index (χ1) is 11.4. The highest BCUT2D eigenvalue weighted by Crippen LogP contribution is 2.24. The number of hydrogen-bond acceptors (Lipinski definition) is 3. The molecular weight excluding hydrogens is 328 g/mol. The number of ether oxygens (including phenoxy) is 1. The molecule has 1 N–H and O–H groups in total. The van der Waals surface area contributed by atoms with Crippen LogP contribution in [0.4, 0.5) is 5.69 Å². The van der Waals surface area contributed by atoms with Crippen LogP contribution in [0, 0.1) is 0 Å². The summed E-state index contributed by atoms with van der Waals surface area (Å²) in [6, 6.07) is 13.8. The zero-order valence-corrected chi connectivity index (χ0v) is 14.5. The molecule has 1 atom stereocenters. The summed E-state index contributed by atoms with van der Waals surface area (Å²) in [5, 5.41) is 3.16. The third-order valence-corrected chi connectivity index (χ3v) is 3.64. The molecule has 0 saturated carbocycles. The van der Waals surface area contributed by atoms with E-state index < -0.39 is 6.10 Å². The summed E-state index contributed by atoms with van der Waals surface area (Å²) in [4.78, 5) is 26.0. The molecule has 2 aromatic carbocycles. The Kier molecular flexibility index (Phi) is 5.82. The monoisotopic (exact) mass is 346 g/mol. The minimum atomic E-state index is -0.771. The molecule has 2 rings (SSSR count). The van der Waals surface area contributed by atoms with E-state index in [1.54, 1.807) is 69.6 Å². The average Bonchev–Trinajstić information content (AvgIpc) is 2.56. The van der Waals surface area contributed by atoms with Crippen LogP contribution in [0.3, 0.4) is 0 Å². The third kappa shape index (κ3) is 4.26. The van der Waals surface area contributed by atoms with Crippen LogP contribution in [0.2, 0.25) is 5.02 Å². The van der Waals surface area contributed by atoms with Crippen molar-refractivity contribution in [1.29, 1.82) is 0 Å². The first kappa shape index (κ1) is 17.8. The second kappa shape index (κ2) is 7.84. The van der Waals surface area contributed by atoms with Gasteiger partial charge in [0, 0.05) is 14.1 Å². The van der Waals surface area contributed by atoms with Crippen molar-refractivity contribution in [2.45, 2.75) is 13.0 Å². The SMILES string of the molecule is CC(Oc1ccccc1Cl)C(=O)Nc1ccccc1C(=O)N(C)C. The number of carbonyl (C=O) groups excluding carboxylic acids is 2. The highest BCUT2D eigenvalue weighted by molar-refractivity contribution is 6.32. The van der Waals surface area contributed by atoms with Crippen molar-refractivity contribution in [3.63, 3.8) is 0 Å². The van der Waals surface area contributed by atoms with E-state index in [9.17, 15) is 9.59 Å². The van der Waals surface area contributed by atoms with E-state index in [-0.39, 0.29) is 11.8 Å². The molecule has 0 aliphatic carbocycles. The predicted octanol–water partition coefficient (Wildman–Crippen LogP) is 3.45. The fourth-order valence-electron chi connectivity index (χ4n) is 2.04. The molecule has 0 spiro atoms. The maximum atomic E-state index is 12.4. The summed E-state index contributed by atoms with van der Waals surface area (Å²) < 4.78 is 5.59. The van der Waals surface area contributed by atoms with Gasteiger partial charge in [0.05, 0.1) is 16.3 Å². The highest BCUT2D eigenvalue weighted by Gasteiger charge is 2.19. The predicted molar refractivity (Wildman–Crippen MR) is 94.6 cm³/mol. The minimum absolute atomic E-state index is 0.189. The van der Waals surface area contributed by atoms with E-state index in [0.29, 0.717) is 22.0 Å². The van der Waals surface area contributed by atoms with Crippen LogP contribution < -0.4 is 10.1 Å². The Morgan fingerprint density at radius 3 is 2.38 bits per heavy atom. The minimum Gasteiger partial charge on any atom is -0.479 e. The van der Waals surface area contributed by atoms with Gasteiger partial charge >= 0.3 is 0 Å². The Morgan fingerprint density at radius 1 is 1.08 bits per heavy atom. The number of carbonyl (C=O) groups is 2. The quantitative estimate of drug-likeness (QED) is 0.902. The van der Waals surface area contributed by atoms with Gasteiger partial charge in [0.25, 0.3) is 11.8 Å². The molecule has 0 saturated heterocycles. The molecule has 126 valence electrons. The van der Waals surface area contributed by atoms with Gasteiger partial charge in [0.2, 0.25) is 0 Å². The maximum Gasteiger partial charge on any atom is 0.265 e. The Hall–Kier alpha value is -2.53. The third-order valence-electron chi connectivity index (χ3n) is 3.33. The fraction of sp³-hybridized carbons (Fsp3) is 0.222. The molecule has 0 heterocycles. The van der Waals surface area contributed by atoms with E-state index >= 15 is 0 Å². The zero-order chi connectivity index (χ0) is 17.7. The van der Waals surface area contributed by atoms with E-state index in [1.165, 1.54) is 4.90 Å². The van der Waals surface area contributed by atoms with Crippen molar-refractivity contribution in [3.05, 3.63) is 59.1 Å². The topological polar surface area (TPSA) is 58.6 Å². The second-order valence-corrected chi connectivity index (χ2v) is 5.83. The first-order valence-corrected chi connectivity index (χ1v) is 7.80. The van der Waals surface area contributed by atoms with E-state index in [2.05, 4.69) is 5.32 Å². The van der Waals surface area contributed by atoms with Crippen molar-refractivity contribution in [1.82, 2.24) is 4.90 Å². The van der Waals surface area contributed by atoms with Crippen molar-refractivity contribution < 1.29 is 14.3 Å². The lowest BCUT2D eigenvalue weighted by Crippen LogP contribution is -2.31. The molecule has 0 aliphatic rings. The van der Waals surface area contributed by atoms with Crippen LogP contribution in [0.1, 0.15) is 17.3 Å². The average molecular weight is 347 g/mol. The number of amides is 2. The lowest BCUT2D eigenvalue weighted by atomic mass is 10.1. The number of benzene rings is 2. The molecule has 0 fully saturated rings. The van der Waals surface area contributed by atoms with Gasteiger partial charge in [-0.3, -0.25) is 9.59 Å². The van der Waals surface area contributed by atoms with Gasteiger partial charge < -0.3 is 15.0 Å². The molecule has 1 unspecified atom stereocenters. The van der Waals surface area contributed by atoms with E-state index in [0.717, 1.165) is 0 Å². The molecule has 6 heteroatoms. The number of halogens is 1. The molecule has 24 heavy (non-hydrogen) atoms. The fourth-order valence-corrected chi connectivity index (χ4v) is 2.22. The second-order valence-electron chi connectivity index (χ2n) is 5.42. The van der Waals surface area contributed by atoms with Crippen molar-refractivity contribution in [2.75, 3.05) is 19.4 Å². The number of nitrogens with zero attached hydrogens (tertiary/aromatic N) is 1. The van der Waals surface area contributed by atoms with Crippen molar-refractivity contribution in [3.8, 4) is 5.75 Å². The zero-order valence-electron chi connectivity index (χ0n) is 13.7. The summed E-state index contributed by atoms with van der Waals surface area (Å²) in [7, 11) is 3.31. The van der Waals surface area contributed by atoms with Crippen molar-refractivity contribution in [2.24, 2.45) is 0 Å².